The van der Waals surface area contributed by atoms with E-state index in [1.54, 1.807) is 0 Å². The highest BCUT2D eigenvalue weighted by atomic mass is 35.5. The van der Waals surface area contributed by atoms with Gasteiger partial charge in [-0.25, -0.2) is 0 Å². The molecule has 88 valence electrons. The van der Waals surface area contributed by atoms with Gasteiger partial charge >= 0.3 is 0 Å². The second-order valence-electron chi connectivity index (χ2n) is 4.52. The standard InChI is InChI=1S/C12H18ClN3/c1-9-8-15(2)5-6-16(9)12-4-3-10(14)7-11(12)13/h3-4,7,9H,5-6,8,14H2,1-2H3. The predicted molar refractivity (Wildman–Crippen MR) is 70.2 cm³/mol. The van der Waals surface area contributed by atoms with E-state index in [1.165, 1.54) is 0 Å². The number of nitrogens with two attached hydrogens (primary N) is 1. The molecule has 0 spiro atoms. The second kappa shape index (κ2) is 4.52. The second-order valence-corrected chi connectivity index (χ2v) is 4.92. The van der Waals surface area contributed by atoms with E-state index < -0.39 is 0 Å². The Bertz CT molecular complexity index is 381. The van der Waals surface area contributed by atoms with Crippen LogP contribution in [-0.2, 0) is 0 Å². The summed E-state index contributed by atoms with van der Waals surface area (Å²) >= 11 is 6.23. The topological polar surface area (TPSA) is 32.5 Å². The molecule has 3 nitrogen and oxygen atoms in total. The molecule has 1 aliphatic rings. The molecule has 1 heterocycles. The lowest BCUT2D eigenvalue weighted by molar-refractivity contribution is 0.275. The number of piperazine rings is 1. The van der Waals surface area contributed by atoms with Gasteiger partial charge in [0, 0.05) is 31.4 Å². The van der Waals surface area contributed by atoms with Gasteiger partial charge in [0.05, 0.1) is 10.7 Å². The number of nitrogens with zero attached hydrogens (tertiary/aromatic N) is 2. The highest BCUT2D eigenvalue weighted by Crippen LogP contribution is 2.30. The quantitative estimate of drug-likeness (QED) is 0.762. The van der Waals surface area contributed by atoms with Gasteiger partial charge in [0.2, 0.25) is 0 Å². The maximum atomic E-state index is 6.23. The molecule has 0 aromatic heterocycles. The summed E-state index contributed by atoms with van der Waals surface area (Å²) in [5.41, 5.74) is 7.51. The van der Waals surface area contributed by atoms with E-state index in [1.807, 2.05) is 18.2 Å². The van der Waals surface area contributed by atoms with E-state index in [4.69, 9.17) is 17.3 Å². The minimum atomic E-state index is 0.486. The lowest BCUT2D eigenvalue weighted by Gasteiger charge is -2.40. The smallest absolute Gasteiger partial charge is 0.0660 e. The van der Waals surface area contributed by atoms with Crippen molar-refractivity contribution in [2.45, 2.75) is 13.0 Å². The molecule has 0 aliphatic carbocycles. The Hall–Kier alpha value is -0.930. The number of hydrogen-bond acceptors (Lipinski definition) is 3. The summed E-state index contributed by atoms with van der Waals surface area (Å²) < 4.78 is 0. The lowest BCUT2D eigenvalue weighted by atomic mass is 10.1. The van der Waals surface area contributed by atoms with E-state index in [0.717, 1.165) is 36.0 Å². The first-order chi connectivity index (χ1) is 7.58. The molecule has 0 amide bonds. The van der Waals surface area contributed by atoms with Crippen LogP contribution >= 0.6 is 11.6 Å². The van der Waals surface area contributed by atoms with Gasteiger partial charge in [-0.2, -0.15) is 0 Å². The van der Waals surface area contributed by atoms with Crippen molar-refractivity contribution in [3.63, 3.8) is 0 Å². The number of rotatable bonds is 1. The molecule has 1 saturated heterocycles. The van der Waals surface area contributed by atoms with Gasteiger partial charge in [-0.3, -0.25) is 0 Å². The summed E-state index contributed by atoms with van der Waals surface area (Å²) in [7, 11) is 2.15. The number of anilines is 2. The molecule has 4 heteroatoms. The summed E-state index contributed by atoms with van der Waals surface area (Å²) in [6.07, 6.45) is 0. The van der Waals surface area contributed by atoms with Crippen LogP contribution < -0.4 is 10.6 Å². The predicted octanol–water partition coefficient (Wildman–Crippen LogP) is 2.06. The van der Waals surface area contributed by atoms with Crippen LogP contribution in [-0.4, -0.2) is 37.6 Å². The molecule has 2 N–H and O–H groups in total. The third-order valence-corrected chi connectivity index (χ3v) is 3.41. The Morgan fingerprint density at radius 1 is 1.38 bits per heavy atom. The van der Waals surface area contributed by atoms with E-state index in [-0.39, 0.29) is 0 Å². The van der Waals surface area contributed by atoms with Crippen LogP contribution in [0.1, 0.15) is 6.92 Å². The van der Waals surface area contributed by atoms with Crippen molar-refractivity contribution in [3.8, 4) is 0 Å². The van der Waals surface area contributed by atoms with Gasteiger partial charge in [0.15, 0.2) is 0 Å². The minimum absolute atomic E-state index is 0.486. The fourth-order valence-electron chi connectivity index (χ4n) is 2.25. The minimum Gasteiger partial charge on any atom is -0.399 e. The Morgan fingerprint density at radius 2 is 2.12 bits per heavy atom. The van der Waals surface area contributed by atoms with Crippen LogP contribution in [0.5, 0.6) is 0 Å². The largest absolute Gasteiger partial charge is 0.399 e. The first-order valence-electron chi connectivity index (χ1n) is 5.58. The average molecular weight is 240 g/mol. The van der Waals surface area contributed by atoms with Crippen LogP contribution in [0.15, 0.2) is 18.2 Å². The van der Waals surface area contributed by atoms with E-state index in [9.17, 15) is 0 Å². The fraction of sp³-hybridized carbons (Fsp3) is 0.500. The van der Waals surface area contributed by atoms with Crippen molar-refractivity contribution < 1.29 is 0 Å². The summed E-state index contributed by atoms with van der Waals surface area (Å²) in [4.78, 5) is 4.69. The van der Waals surface area contributed by atoms with Crippen LogP contribution in [0.2, 0.25) is 5.02 Å². The average Bonchev–Trinajstić information content (AvgIpc) is 2.19. The molecule has 1 aromatic carbocycles. The van der Waals surface area contributed by atoms with Crippen LogP contribution in [0.4, 0.5) is 11.4 Å². The molecule has 1 aromatic rings. The molecule has 1 aliphatic heterocycles. The van der Waals surface area contributed by atoms with Crippen LogP contribution in [0, 0.1) is 0 Å². The third kappa shape index (κ3) is 2.25. The number of halogens is 1. The van der Waals surface area contributed by atoms with E-state index in [0.29, 0.717) is 6.04 Å². The molecule has 2 rings (SSSR count). The van der Waals surface area contributed by atoms with Crippen molar-refractivity contribution in [2.75, 3.05) is 37.3 Å². The van der Waals surface area contributed by atoms with Crippen molar-refractivity contribution >= 4 is 23.0 Å². The molecule has 1 atom stereocenters. The van der Waals surface area contributed by atoms with Gasteiger partial charge in [-0.15, -0.1) is 0 Å². The number of nitrogen functional groups attached to an aromatic ring is 1. The van der Waals surface area contributed by atoms with Crippen LogP contribution in [0.25, 0.3) is 0 Å². The first-order valence-corrected chi connectivity index (χ1v) is 5.96. The van der Waals surface area contributed by atoms with Gasteiger partial charge in [0.1, 0.15) is 0 Å². The Labute approximate surface area is 102 Å². The molecular formula is C12H18ClN3. The van der Waals surface area contributed by atoms with Crippen molar-refractivity contribution in [2.24, 2.45) is 0 Å². The van der Waals surface area contributed by atoms with Crippen molar-refractivity contribution in [3.05, 3.63) is 23.2 Å². The van der Waals surface area contributed by atoms with Crippen molar-refractivity contribution in [1.82, 2.24) is 4.90 Å². The lowest BCUT2D eigenvalue weighted by Crippen LogP contribution is -2.50. The highest BCUT2D eigenvalue weighted by Gasteiger charge is 2.23. The fourth-order valence-corrected chi connectivity index (χ4v) is 2.55. The number of benzene rings is 1. The molecule has 16 heavy (non-hydrogen) atoms. The zero-order valence-electron chi connectivity index (χ0n) is 9.78. The van der Waals surface area contributed by atoms with E-state index in [2.05, 4.69) is 23.8 Å². The monoisotopic (exact) mass is 239 g/mol. The van der Waals surface area contributed by atoms with Gasteiger partial charge < -0.3 is 15.5 Å². The van der Waals surface area contributed by atoms with Gasteiger partial charge in [-0.1, -0.05) is 11.6 Å². The molecule has 0 saturated carbocycles. The molecule has 1 fully saturated rings. The van der Waals surface area contributed by atoms with Crippen LogP contribution in [0.3, 0.4) is 0 Å². The SMILES string of the molecule is CC1CN(C)CCN1c1ccc(N)cc1Cl. The molecular weight excluding hydrogens is 222 g/mol. The Balaban J connectivity index is 2.23. The van der Waals surface area contributed by atoms with Crippen molar-refractivity contribution in [1.29, 1.82) is 0 Å². The Kier molecular flexibility index (Phi) is 3.26. The number of likely N-dealkylation sites (N-methyl/N-ethyl adjacent to an activating group) is 1. The molecule has 0 radical (unpaired) electrons. The number of hydrogen-bond donors (Lipinski definition) is 1. The van der Waals surface area contributed by atoms with Gasteiger partial charge in [0.25, 0.3) is 0 Å². The third-order valence-electron chi connectivity index (χ3n) is 3.11. The maximum absolute atomic E-state index is 6.23. The summed E-state index contributed by atoms with van der Waals surface area (Å²) in [5, 5.41) is 0.747. The normalized spacial score (nSPS) is 22.4. The Morgan fingerprint density at radius 3 is 2.75 bits per heavy atom. The first kappa shape index (κ1) is 11.6. The summed E-state index contributed by atoms with van der Waals surface area (Å²) in [5.74, 6) is 0. The zero-order chi connectivity index (χ0) is 11.7. The maximum Gasteiger partial charge on any atom is 0.0660 e. The van der Waals surface area contributed by atoms with Gasteiger partial charge in [-0.05, 0) is 32.2 Å². The zero-order valence-corrected chi connectivity index (χ0v) is 10.5. The highest BCUT2D eigenvalue weighted by molar-refractivity contribution is 6.33. The molecule has 1 unspecified atom stereocenters. The summed E-state index contributed by atoms with van der Waals surface area (Å²) in [6, 6.07) is 6.23. The molecule has 0 bridgehead atoms. The van der Waals surface area contributed by atoms with E-state index >= 15 is 0 Å². The summed E-state index contributed by atoms with van der Waals surface area (Å²) in [6.45, 7) is 5.38.